The van der Waals surface area contributed by atoms with Crippen molar-refractivity contribution in [3.63, 3.8) is 0 Å². The molecule has 0 saturated carbocycles. The Kier molecular flexibility index (Phi) is 7.66. The van der Waals surface area contributed by atoms with Crippen molar-refractivity contribution in [2.75, 3.05) is 31.6 Å². The third-order valence-electron chi connectivity index (χ3n) is 4.38. The molecule has 1 aliphatic heterocycles. The van der Waals surface area contributed by atoms with Gasteiger partial charge in [0, 0.05) is 24.7 Å². The molecule has 1 fully saturated rings. The molecule has 1 rings (SSSR count). The van der Waals surface area contributed by atoms with Crippen molar-refractivity contribution >= 4 is 11.8 Å². The van der Waals surface area contributed by atoms with Gasteiger partial charge in [-0.2, -0.15) is 11.8 Å². The van der Waals surface area contributed by atoms with Gasteiger partial charge in [-0.15, -0.1) is 0 Å². The highest BCUT2D eigenvalue weighted by molar-refractivity contribution is 7.98. The van der Waals surface area contributed by atoms with E-state index in [4.69, 9.17) is 0 Å². The maximum absolute atomic E-state index is 3.74. The molecule has 0 aliphatic carbocycles. The molecule has 0 aromatic heterocycles. The van der Waals surface area contributed by atoms with Crippen molar-refractivity contribution in [1.82, 2.24) is 10.2 Å². The molecule has 108 valence electrons. The van der Waals surface area contributed by atoms with Gasteiger partial charge in [0.25, 0.3) is 0 Å². The predicted octanol–water partition coefficient (Wildman–Crippen LogP) is 3.37. The van der Waals surface area contributed by atoms with Crippen LogP contribution in [-0.4, -0.2) is 48.1 Å². The lowest BCUT2D eigenvalue weighted by atomic mass is 9.92. The van der Waals surface area contributed by atoms with E-state index in [1.54, 1.807) is 0 Å². The number of unbranched alkanes of at least 4 members (excludes halogenated alkanes) is 2. The van der Waals surface area contributed by atoms with Crippen molar-refractivity contribution in [3.8, 4) is 0 Å². The maximum Gasteiger partial charge on any atom is 0.0278 e. The molecular formula is C15H32N2S. The van der Waals surface area contributed by atoms with Crippen LogP contribution in [0, 0.1) is 0 Å². The lowest BCUT2D eigenvalue weighted by Crippen LogP contribution is -2.62. The van der Waals surface area contributed by atoms with E-state index >= 15 is 0 Å². The zero-order valence-electron chi connectivity index (χ0n) is 12.8. The number of thioether (sulfide) groups is 1. The van der Waals surface area contributed by atoms with Gasteiger partial charge in [0.15, 0.2) is 0 Å². The fourth-order valence-corrected chi connectivity index (χ4v) is 3.26. The summed E-state index contributed by atoms with van der Waals surface area (Å²) in [5, 5.41) is 3.74. The number of nitrogens with one attached hydrogen (secondary N) is 1. The molecule has 0 bridgehead atoms. The second-order valence-electron chi connectivity index (χ2n) is 5.88. The van der Waals surface area contributed by atoms with E-state index in [0.29, 0.717) is 5.54 Å². The van der Waals surface area contributed by atoms with E-state index in [1.165, 1.54) is 57.5 Å². The van der Waals surface area contributed by atoms with Crippen LogP contribution in [0.4, 0.5) is 0 Å². The minimum Gasteiger partial charge on any atom is -0.309 e. The van der Waals surface area contributed by atoms with Crippen LogP contribution in [0.3, 0.4) is 0 Å². The maximum atomic E-state index is 3.74. The quantitative estimate of drug-likeness (QED) is 0.682. The summed E-state index contributed by atoms with van der Waals surface area (Å²) >= 11 is 1.97. The second-order valence-corrected chi connectivity index (χ2v) is 6.87. The van der Waals surface area contributed by atoms with E-state index in [9.17, 15) is 0 Å². The Balaban J connectivity index is 2.33. The van der Waals surface area contributed by atoms with E-state index in [-0.39, 0.29) is 0 Å². The Bertz CT molecular complexity index is 223. The molecule has 1 N–H and O–H groups in total. The van der Waals surface area contributed by atoms with Crippen LogP contribution in [-0.2, 0) is 0 Å². The molecule has 0 amide bonds. The van der Waals surface area contributed by atoms with Crippen molar-refractivity contribution in [3.05, 3.63) is 0 Å². The fourth-order valence-electron chi connectivity index (χ4n) is 2.77. The third-order valence-corrected chi connectivity index (χ3v) is 5.08. The zero-order chi connectivity index (χ0) is 13.4. The molecule has 2 atom stereocenters. The van der Waals surface area contributed by atoms with Crippen molar-refractivity contribution in [1.29, 1.82) is 0 Å². The van der Waals surface area contributed by atoms with Crippen LogP contribution in [0.2, 0.25) is 0 Å². The molecule has 1 aliphatic rings. The summed E-state index contributed by atoms with van der Waals surface area (Å²) in [7, 11) is 0. The van der Waals surface area contributed by atoms with Gasteiger partial charge in [-0.25, -0.2) is 0 Å². The number of nitrogens with zero attached hydrogens (tertiary/aromatic N) is 1. The Morgan fingerprint density at radius 1 is 1.28 bits per heavy atom. The van der Waals surface area contributed by atoms with E-state index in [2.05, 4.69) is 37.2 Å². The molecular weight excluding hydrogens is 240 g/mol. The van der Waals surface area contributed by atoms with E-state index in [0.717, 1.165) is 6.04 Å². The summed E-state index contributed by atoms with van der Waals surface area (Å²) in [6.07, 6.45) is 8.86. The standard InChI is InChI=1S/C15H32N2S/c1-5-14-12-16-15(3,6-2)13-17(14)10-8-7-9-11-18-4/h14,16H,5-13H2,1-4H3. The normalized spacial score (nSPS) is 29.7. The Hall–Kier alpha value is 0.270. The lowest BCUT2D eigenvalue weighted by Gasteiger charge is -2.46. The van der Waals surface area contributed by atoms with Gasteiger partial charge >= 0.3 is 0 Å². The number of rotatable bonds is 8. The molecule has 18 heavy (non-hydrogen) atoms. The SMILES string of the molecule is CCC1CNC(C)(CC)CN1CCCCCSC. The average Bonchev–Trinajstić information content (AvgIpc) is 2.39. The molecule has 0 aromatic carbocycles. The highest BCUT2D eigenvalue weighted by Crippen LogP contribution is 2.21. The van der Waals surface area contributed by atoms with Crippen LogP contribution in [0.25, 0.3) is 0 Å². The molecule has 0 radical (unpaired) electrons. The van der Waals surface area contributed by atoms with Crippen LogP contribution in [0.1, 0.15) is 52.9 Å². The molecule has 3 heteroatoms. The van der Waals surface area contributed by atoms with Gasteiger partial charge in [0.2, 0.25) is 0 Å². The average molecular weight is 273 g/mol. The summed E-state index contributed by atoms with van der Waals surface area (Å²) < 4.78 is 0. The minimum absolute atomic E-state index is 0.338. The Labute approximate surface area is 118 Å². The first-order valence-corrected chi connectivity index (χ1v) is 9.02. The number of piperazine rings is 1. The summed E-state index contributed by atoms with van der Waals surface area (Å²) in [5.41, 5.74) is 0.338. The molecule has 1 saturated heterocycles. The highest BCUT2D eigenvalue weighted by Gasteiger charge is 2.33. The molecule has 2 nitrogen and oxygen atoms in total. The first-order chi connectivity index (χ1) is 8.65. The summed E-state index contributed by atoms with van der Waals surface area (Å²) in [6.45, 7) is 10.7. The van der Waals surface area contributed by atoms with Gasteiger partial charge in [-0.05, 0) is 51.2 Å². The predicted molar refractivity (Wildman–Crippen MR) is 84.6 cm³/mol. The largest absolute Gasteiger partial charge is 0.309 e. The summed E-state index contributed by atoms with van der Waals surface area (Å²) in [6, 6.07) is 0.755. The van der Waals surface area contributed by atoms with Gasteiger partial charge < -0.3 is 5.32 Å². The number of hydrogen-bond acceptors (Lipinski definition) is 3. The third kappa shape index (κ3) is 5.10. The van der Waals surface area contributed by atoms with Gasteiger partial charge in [-0.1, -0.05) is 20.3 Å². The van der Waals surface area contributed by atoms with Crippen LogP contribution < -0.4 is 5.32 Å². The molecule has 0 spiro atoms. The molecule has 0 aromatic rings. The van der Waals surface area contributed by atoms with E-state index in [1.807, 2.05) is 11.8 Å². The Morgan fingerprint density at radius 3 is 2.67 bits per heavy atom. The van der Waals surface area contributed by atoms with Gasteiger partial charge in [0.05, 0.1) is 0 Å². The fraction of sp³-hybridized carbons (Fsp3) is 1.00. The monoisotopic (exact) mass is 272 g/mol. The molecule has 1 heterocycles. The Morgan fingerprint density at radius 2 is 2.06 bits per heavy atom. The topological polar surface area (TPSA) is 15.3 Å². The smallest absolute Gasteiger partial charge is 0.0278 e. The first-order valence-electron chi connectivity index (χ1n) is 7.63. The lowest BCUT2D eigenvalue weighted by molar-refractivity contribution is 0.0805. The summed E-state index contributed by atoms with van der Waals surface area (Å²) in [5.74, 6) is 1.32. The van der Waals surface area contributed by atoms with Gasteiger partial charge in [-0.3, -0.25) is 4.90 Å². The van der Waals surface area contributed by atoms with Crippen LogP contribution in [0.15, 0.2) is 0 Å². The van der Waals surface area contributed by atoms with Crippen LogP contribution >= 0.6 is 11.8 Å². The van der Waals surface area contributed by atoms with Gasteiger partial charge in [0.1, 0.15) is 0 Å². The minimum atomic E-state index is 0.338. The van der Waals surface area contributed by atoms with Crippen molar-refractivity contribution in [2.45, 2.75) is 64.5 Å². The highest BCUT2D eigenvalue weighted by atomic mass is 32.2. The van der Waals surface area contributed by atoms with Crippen molar-refractivity contribution < 1.29 is 0 Å². The number of hydrogen-bond donors (Lipinski definition) is 1. The first kappa shape index (κ1) is 16.3. The van der Waals surface area contributed by atoms with E-state index < -0.39 is 0 Å². The van der Waals surface area contributed by atoms with Crippen LogP contribution in [0.5, 0.6) is 0 Å². The second kappa shape index (κ2) is 8.44. The summed E-state index contributed by atoms with van der Waals surface area (Å²) in [4.78, 5) is 2.74. The van der Waals surface area contributed by atoms with Crippen molar-refractivity contribution in [2.24, 2.45) is 0 Å². The zero-order valence-corrected chi connectivity index (χ0v) is 13.6. The molecule has 2 unspecified atom stereocenters.